The predicted molar refractivity (Wildman–Crippen MR) is 105 cm³/mol. The lowest BCUT2D eigenvalue weighted by atomic mass is 10.2. The molecule has 1 atom stereocenters. The number of nitrogens with zero attached hydrogens (tertiary/aromatic N) is 4. The van der Waals surface area contributed by atoms with E-state index in [-0.39, 0.29) is 11.9 Å². The van der Waals surface area contributed by atoms with Gasteiger partial charge in [0.15, 0.2) is 0 Å². The number of hydrogen-bond donors (Lipinski definition) is 1. The van der Waals surface area contributed by atoms with E-state index in [9.17, 15) is 4.79 Å². The number of aromatic nitrogens is 2. The largest absolute Gasteiger partial charge is 0.384 e. The van der Waals surface area contributed by atoms with Crippen molar-refractivity contribution in [1.29, 1.82) is 0 Å². The SMILES string of the molecule is CSc1ccc(Cl)c(C(=O)N2CCC(N(C)Cc3nccc(N)n3)C2)c1. The van der Waals surface area contributed by atoms with Crippen molar-refractivity contribution in [2.75, 3.05) is 32.1 Å². The number of carbonyl (C=O) groups is 1. The van der Waals surface area contributed by atoms with Gasteiger partial charge in [-0.05, 0) is 44.0 Å². The molecule has 0 radical (unpaired) electrons. The number of nitrogens with two attached hydrogens (primary N) is 1. The van der Waals surface area contributed by atoms with Crippen LogP contribution >= 0.6 is 23.4 Å². The number of carbonyl (C=O) groups excluding carboxylic acids is 1. The molecule has 2 N–H and O–H groups in total. The van der Waals surface area contributed by atoms with Gasteiger partial charge in [-0.2, -0.15) is 0 Å². The third kappa shape index (κ3) is 4.28. The highest BCUT2D eigenvalue weighted by molar-refractivity contribution is 7.98. The number of amides is 1. The molecule has 1 aromatic heterocycles. The third-order valence-corrected chi connectivity index (χ3v) is 5.65. The van der Waals surface area contributed by atoms with Gasteiger partial charge in [0.1, 0.15) is 11.6 Å². The van der Waals surface area contributed by atoms with Gasteiger partial charge in [0, 0.05) is 30.2 Å². The van der Waals surface area contributed by atoms with E-state index in [1.165, 1.54) is 0 Å². The van der Waals surface area contributed by atoms with Crippen molar-refractivity contribution in [1.82, 2.24) is 19.8 Å². The van der Waals surface area contributed by atoms with Gasteiger partial charge in [-0.15, -0.1) is 11.8 Å². The Labute approximate surface area is 162 Å². The normalized spacial score (nSPS) is 17.1. The maximum atomic E-state index is 12.9. The van der Waals surface area contributed by atoms with Gasteiger partial charge in [-0.25, -0.2) is 9.97 Å². The van der Waals surface area contributed by atoms with E-state index in [4.69, 9.17) is 17.3 Å². The van der Waals surface area contributed by atoms with E-state index in [2.05, 4.69) is 14.9 Å². The van der Waals surface area contributed by atoms with Crippen molar-refractivity contribution in [3.8, 4) is 0 Å². The standard InChI is InChI=1S/C18H22ClN5OS/c1-23(11-17-21-7-5-16(20)22-17)12-6-8-24(10-12)18(25)14-9-13(26-2)3-4-15(14)19/h3-5,7,9,12H,6,8,10-11H2,1-2H3,(H2,20,21,22). The summed E-state index contributed by atoms with van der Waals surface area (Å²) in [6, 6.07) is 7.51. The molecule has 1 aromatic carbocycles. The molecule has 6 nitrogen and oxygen atoms in total. The monoisotopic (exact) mass is 391 g/mol. The second-order valence-corrected chi connectivity index (χ2v) is 7.64. The molecule has 1 aliphatic heterocycles. The Morgan fingerprint density at radius 2 is 2.27 bits per heavy atom. The molecule has 0 bridgehead atoms. The first kappa shape index (κ1) is 18.9. The fourth-order valence-corrected chi connectivity index (χ4v) is 3.73. The highest BCUT2D eigenvalue weighted by atomic mass is 35.5. The van der Waals surface area contributed by atoms with Crippen LogP contribution in [0.3, 0.4) is 0 Å². The number of thioether (sulfide) groups is 1. The Morgan fingerprint density at radius 3 is 3.00 bits per heavy atom. The highest BCUT2D eigenvalue weighted by Crippen LogP contribution is 2.26. The highest BCUT2D eigenvalue weighted by Gasteiger charge is 2.30. The predicted octanol–water partition coefficient (Wildman–Crippen LogP) is 2.78. The summed E-state index contributed by atoms with van der Waals surface area (Å²) in [4.78, 5) is 26.4. The maximum absolute atomic E-state index is 12.9. The molecule has 1 saturated heterocycles. The molecule has 2 aromatic rings. The molecule has 0 saturated carbocycles. The van der Waals surface area contributed by atoms with Crippen LogP contribution in [0.25, 0.3) is 0 Å². The Balaban J connectivity index is 1.65. The molecular weight excluding hydrogens is 370 g/mol. The van der Waals surface area contributed by atoms with Gasteiger partial charge < -0.3 is 10.6 Å². The molecular formula is C18H22ClN5OS. The summed E-state index contributed by atoms with van der Waals surface area (Å²) in [6.07, 6.45) is 4.55. The van der Waals surface area contributed by atoms with Crippen LogP contribution in [-0.4, -0.2) is 58.1 Å². The average molecular weight is 392 g/mol. The zero-order chi connectivity index (χ0) is 18.7. The summed E-state index contributed by atoms with van der Waals surface area (Å²) in [7, 11) is 2.02. The molecule has 1 fully saturated rings. The Kier molecular flexibility index (Phi) is 6.01. The van der Waals surface area contributed by atoms with Gasteiger partial charge >= 0.3 is 0 Å². The molecule has 0 spiro atoms. The topological polar surface area (TPSA) is 75.4 Å². The van der Waals surface area contributed by atoms with Crippen molar-refractivity contribution in [2.45, 2.75) is 23.9 Å². The van der Waals surface area contributed by atoms with Gasteiger partial charge in [0.25, 0.3) is 5.91 Å². The van der Waals surface area contributed by atoms with Crippen LogP contribution in [0.15, 0.2) is 35.4 Å². The molecule has 2 heterocycles. The molecule has 1 unspecified atom stereocenters. The zero-order valence-electron chi connectivity index (χ0n) is 14.9. The Bertz CT molecular complexity index is 803. The lowest BCUT2D eigenvalue weighted by Gasteiger charge is -2.24. The number of hydrogen-bond acceptors (Lipinski definition) is 6. The van der Waals surface area contributed by atoms with Crippen LogP contribution in [0.4, 0.5) is 5.82 Å². The van der Waals surface area contributed by atoms with Crippen molar-refractivity contribution >= 4 is 35.1 Å². The fraction of sp³-hybridized carbons (Fsp3) is 0.389. The lowest BCUT2D eigenvalue weighted by molar-refractivity contribution is 0.0779. The number of anilines is 1. The smallest absolute Gasteiger partial charge is 0.255 e. The number of rotatable bonds is 5. The third-order valence-electron chi connectivity index (χ3n) is 4.60. The van der Waals surface area contributed by atoms with Crippen LogP contribution in [0.5, 0.6) is 0 Å². The molecule has 0 aliphatic carbocycles. The Hall–Kier alpha value is -1.83. The van der Waals surface area contributed by atoms with Gasteiger partial charge in [-0.1, -0.05) is 11.6 Å². The van der Waals surface area contributed by atoms with E-state index in [1.807, 2.05) is 30.3 Å². The van der Waals surface area contributed by atoms with E-state index in [1.54, 1.807) is 30.1 Å². The fourth-order valence-electron chi connectivity index (χ4n) is 3.09. The summed E-state index contributed by atoms with van der Waals surface area (Å²) < 4.78 is 0. The second-order valence-electron chi connectivity index (χ2n) is 6.35. The summed E-state index contributed by atoms with van der Waals surface area (Å²) in [5.74, 6) is 1.14. The minimum Gasteiger partial charge on any atom is -0.384 e. The number of nitrogen functional groups attached to an aromatic ring is 1. The number of likely N-dealkylation sites (tertiary alicyclic amines) is 1. The first-order chi connectivity index (χ1) is 12.5. The number of benzene rings is 1. The molecule has 138 valence electrons. The maximum Gasteiger partial charge on any atom is 0.255 e. The molecule has 26 heavy (non-hydrogen) atoms. The first-order valence-electron chi connectivity index (χ1n) is 8.38. The molecule has 1 aliphatic rings. The summed E-state index contributed by atoms with van der Waals surface area (Å²) in [6.45, 7) is 1.98. The van der Waals surface area contributed by atoms with E-state index in [0.29, 0.717) is 41.9 Å². The molecule has 1 amide bonds. The van der Waals surface area contributed by atoms with E-state index in [0.717, 1.165) is 11.3 Å². The van der Waals surface area contributed by atoms with E-state index < -0.39 is 0 Å². The van der Waals surface area contributed by atoms with Crippen LogP contribution in [0.1, 0.15) is 22.6 Å². The quantitative estimate of drug-likeness (QED) is 0.790. The number of likely N-dealkylation sites (N-methyl/N-ethyl adjacent to an activating group) is 1. The van der Waals surface area contributed by atoms with Crippen LogP contribution in [-0.2, 0) is 6.54 Å². The van der Waals surface area contributed by atoms with Crippen LogP contribution in [0, 0.1) is 0 Å². The lowest BCUT2D eigenvalue weighted by Crippen LogP contribution is -2.36. The van der Waals surface area contributed by atoms with Crippen molar-refractivity contribution in [2.24, 2.45) is 0 Å². The molecule has 3 rings (SSSR count). The van der Waals surface area contributed by atoms with Crippen LogP contribution in [0.2, 0.25) is 5.02 Å². The van der Waals surface area contributed by atoms with Crippen LogP contribution < -0.4 is 5.73 Å². The van der Waals surface area contributed by atoms with Gasteiger partial charge in [0.2, 0.25) is 0 Å². The minimum absolute atomic E-state index is 0.0120. The van der Waals surface area contributed by atoms with E-state index >= 15 is 0 Å². The van der Waals surface area contributed by atoms with Crippen molar-refractivity contribution in [3.05, 3.63) is 46.9 Å². The zero-order valence-corrected chi connectivity index (χ0v) is 16.4. The minimum atomic E-state index is -0.0120. The van der Waals surface area contributed by atoms with Crippen molar-refractivity contribution in [3.63, 3.8) is 0 Å². The van der Waals surface area contributed by atoms with Gasteiger partial charge in [0.05, 0.1) is 17.1 Å². The first-order valence-corrected chi connectivity index (χ1v) is 9.98. The van der Waals surface area contributed by atoms with Crippen molar-refractivity contribution < 1.29 is 4.79 Å². The summed E-state index contributed by atoms with van der Waals surface area (Å²) >= 11 is 7.85. The summed E-state index contributed by atoms with van der Waals surface area (Å²) in [5.41, 5.74) is 6.29. The Morgan fingerprint density at radius 1 is 1.46 bits per heavy atom. The summed E-state index contributed by atoms with van der Waals surface area (Å²) in [5, 5.41) is 0.498. The molecule has 8 heteroatoms. The average Bonchev–Trinajstić information content (AvgIpc) is 3.12. The second kappa shape index (κ2) is 8.24. The van der Waals surface area contributed by atoms with Gasteiger partial charge in [-0.3, -0.25) is 9.69 Å². The number of halogens is 1.